The third kappa shape index (κ3) is 5.66. The summed E-state index contributed by atoms with van der Waals surface area (Å²) in [5.74, 6) is 5.77. The number of rotatable bonds is 8. The van der Waals surface area contributed by atoms with E-state index in [9.17, 15) is 9.59 Å². The average molecular weight is 438 g/mol. The molecule has 2 aromatic carbocycles. The Morgan fingerprint density at radius 1 is 1.22 bits per heavy atom. The maximum atomic E-state index is 13.4. The van der Waals surface area contributed by atoms with Gasteiger partial charge in [0.2, 0.25) is 5.91 Å². The fourth-order valence-corrected chi connectivity index (χ4v) is 3.78. The molecule has 0 spiro atoms. The van der Waals surface area contributed by atoms with E-state index in [0.717, 1.165) is 12.0 Å². The van der Waals surface area contributed by atoms with Gasteiger partial charge in [0.25, 0.3) is 5.91 Å². The number of aryl methyl sites for hydroxylation is 1. The molecular formula is C24H31N5O3. The highest BCUT2D eigenvalue weighted by molar-refractivity contribution is 6.02. The molecule has 170 valence electrons. The van der Waals surface area contributed by atoms with Crippen LogP contribution < -0.4 is 21.9 Å². The summed E-state index contributed by atoms with van der Waals surface area (Å²) in [6.07, 6.45) is 2.91. The number of para-hydroxylation sites is 1. The Hall–Kier alpha value is -3.36. The second-order valence-corrected chi connectivity index (χ2v) is 7.92. The average Bonchev–Trinajstić information content (AvgIpc) is 3.28. The molecular weight excluding hydrogens is 406 g/mol. The monoisotopic (exact) mass is 437 g/mol. The summed E-state index contributed by atoms with van der Waals surface area (Å²) in [5.41, 5.74) is 9.41. The van der Waals surface area contributed by atoms with Crippen molar-refractivity contribution in [2.24, 2.45) is 11.6 Å². The van der Waals surface area contributed by atoms with Gasteiger partial charge in [-0.2, -0.15) is 0 Å². The summed E-state index contributed by atoms with van der Waals surface area (Å²) in [4.78, 5) is 27.9. The van der Waals surface area contributed by atoms with Gasteiger partial charge in [-0.15, -0.1) is 0 Å². The Morgan fingerprint density at radius 3 is 2.66 bits per heavy atom. The number of carbonyl (C=O) groups excluding carboxylic acids is 2. The van der Waals surface area contributed by atoms with E-state index in [-0.39, 0.29) is 18.4 Å². The number of nitrogens with one attached hydrogen (secondary N) is 1. The number of nitrogens with zero attached hydrogens (tertiary/aromatic N) is 2. The molecule has 1 unspecified atom stereocenters. The zero-order valence-electron chi connectivity index (χ0n) is 18.6. The van der Waals surface area contributed by atoms with Gasteiger partial charge in [-0.3, -0.25) is 14.6 Å². The van der Waals surface area contributed by atoms with Gasteiger partial charge >= 0.3 is 0 Å². The molecule has 3 rings (SSSR count). The van der Waals surface area contributed by atoms with E-state index in [1.54, 1.807) is 29.2 Å². The van der Waals surface area contributed by atoms with Crippen LogP contribution >= 0.6 is 0 Å². The minimum absolute atomic E-state index is 0.150. The number of hydrogen-bond donors (Lipinski definition) is 3. The number of methoxy groups -OCH3 is 1. The fourth-order valence-electron chi connectivity index (χ4n) is 3.78. The predicted octanol–water partition coefficient (Wildman–Crippen LogP) is 2.04. The van der Waals surface area contributed by atoms with Crippen molar-refractivity contribution in [3.05, 3.63) is 77.1 Å². The molecule has 1 heterocycles. The second kappa shape index (κ2) is 10.8. The first-order valence-electron chi connectivity index (χ1n) is 10.6. The maximum absolute atomic E-state index is 13.4. The first kappa shape index (κ1) is 23.3. The zero-order chi connectivity index (χ0) is 23.1. The number of benzene rings is 2. The largest absolute Gasteiger partial charge is 0.399 e. The van der Waals surface area contributed by atoms with E-state index < -0.39 is 6.04 Å². The molecule has 1 atom stereocenters. The quantitative estimate of drug-likeness (QED) is 0.430. The lowest BCUT2D eigenvalue weighted by Crippen LogP contribution is -2.46. The highest BCUT2D eigenvalue weighted by Crippen LogP contribution is 2.25. The van der Waals surface area contributed by atoms with Gasteiger partial charge in [0.15, 0.2) is 0 Å². The molecule has 2 amide bonds. The highest BCUT2D eigenvalue weighted by atomic mass is 16.5. The molecule has 5 N–H and O–H groups in total. The smallest absolute Gasteiger partial charge is 0.256 e. The fraction of sp³-hybridized carbons (Fsp3) is 0.333. The third-order valence-corrected chi connectivity index (χ3v) is 5.43. The van der Waals surface area contributed by atoms with Crippen molar-refractivity contribution in [2.75, 3.05) is 25.3 Å². The number of carbonyl (C=O) groups is 2. The van der Waals surface area contributed by atoms with Crippen molar-refractivity contribution >= 4 is 17.5 Å². The van der Waals surface area contributed by atoms with Crippen LogP contribution in [0.2, 0.25) is 0 Å². The first-order valence-corrected chi connectivity index (χ1v) is 10.6. The van der Waals surface area contributed by atoms with E-state index in [2.05, 4.69) is 5.32 Å². The molecule has 1 aliphatic rings. The number of anilines is 1. The molecule has 0 radical (unpaired) electrons. The molecule has 32 heavy (non-hydrogen) atoms. The van der Waals surface area contributed by atoms with Gasteiger partial charge in [0, 0.05) is 26.4 Å². The lowest BCUT2D eigenvalue weighted by atomic mass is 10.1. The van der Waals surface area contributed by atoms with Crippen molar-refractivity contribution in [3.8, 4) is 0 Å². The summed E-state index contributed by atoms with van der Waals surface area (Å²) in [6, 6.07) is 14.5. The van der Waals surface area contributed by atoms with Gasteiger partial charge in [-0.05, 0) is 37.5 Å². The van der Waals surface area contributed by atoms with Crippen LogP contribution in [0.25, 0.3) is 0 Å². The van der Waals surface area contributed by atoms with Crippen molar-refractivity contribution in [2.45, 2.75) is 32.4 Å². The molecule has 1 aliphatic heterocycles. The van der Waals surface area contributed by atoms with Crippen LogP contribution in [-0.2, 0) is 16.1 Å². The Kier molecular flexibility index (Phi) is 7.86. The van der Waals surface area contributed by atoms with Gasteiger partial charge < -0.3 is 20.7 Å². The molecule has 0 bridgehead atoms. The van der Waals surface area contributed by atoms with Gasteiger partial charge in [-0.1, -0.05) is 42.0 Å². The SMILES string of the molecule is COC/C(N)=C/N(N)c1ccccc1C(=O)N1CCCC1C(=O)NCc1ccc(C)cc1. The summed E-state index contributed by atoms with van der Waals surface area (Å²) < 4.78 is 5.01. The standard InChI is InChI=1S/C24H31N5O3/c1-17-9-11-18(12-10-17)14-27-23(30)22-8-5-13-28(22)24(31)20-6-3-4-7-21(20)29(26)15-19(25)16-32-2/h3-4,6-7,9-12,15,22H,5,8,13-14,16,25-26H2,1-2H3,(H,27,30)/b19-15-. The van der Waals surface area contributed by atoms with Crippen molar-refractivity contribution in [3.63, 3.8) is 0 Å². The number of hydrogen-bond acceptors (Lipinski definition) is 6. The number of amides is 2. The van der Waals surface area contributed by atoms with E-state index in [0.29, 0.717) is 36.5 Å². The number of nitrogens with two attached hydrogens (primary N) is 2. The minimum Gasteiger partial charge on any atom is -0.399 e. The van der Waals surface area contributed by atoms with Crippen molar-refractivity contribution in [1.82, 2.24) is 10.2 Å². The summed E-state index contributed by atoms with van der Waals surface area (Å²) in [6.45, 7) is 3.18. The van der Waals surface area contributed by atoms with Crippen LogP contribution in [0.3, 0.4) is 0 Å². The molecule has 0 aromatic heterocycles. The first-order chi connectivity index (χ1) is 15.4. The Morgan fingerprint density at radius 2 is 1.94 bits per heavy atom. The summed E-state index contributed by atoms with van der Waals surface area (Å²) in [7, 11) is 1.54. The predicted molar refractivity (Wildman–Crippen MR) is 124 cm³/mol. The lowest BCUT2D eigenvalue weighted by molar-refractivity contribution is -0.125. The number of likely N-dealkylation sites (tertiary alicyclic amines) is 1. The van der Waals surface area contributed by atoms with Crippen LogP contribution in [-0.4, -0.2) is 43.0 Å². The van der Waals surface area contributed by atoms with Crippen LogP contribution in [0.4, 0.5) is 5.69 Å². The molecule has 8 nitrogen and oxygen atoms in total. The van der Waals surface area contributed by atoms with E-state index in [1.165, 1.54) is 23.9 Å². The van der Waals surface area contributed by atoms with E-state index >= 15 is 0 Å². The highest BCUT2D eigenvalue weighted by Gasteiger charge is 2.35. The normalized spacial score (nSPS) is 16.2. The zero-order valence-corrected chi connectivity index (χ0v) is 18.6. The number of hydrazine groups is 1. The van der Waals surface area contributed by atoms with E-state index in [1.807, 2.05) is 31.2 Å². The Balaban J connectivity index is 1.73. The van der Waals surface area contributed by atoms with Crippen LogP contribution in [0, 0.1) is 6.92 Å². The molecule has 1 saturated heterocycles. The number of ether oxygens (including phenoxy) is 1. The lowest BCUT2D eigenvalue weighted by Gasteiger charge is -2.26. The van der Waals surface area contributed by atoms with Crippen molar-refractivity contribution < 1.29 is 14.3 Å². The van der Waals surface area contributed by atoms with Crippen molar-refractivity contribution in [1.29, 1.82) is 0 Å². The molecule has 2 aromatic rings. The summed E-state index contributed by atoms with van der Waals surface area (Å²) >= 11 is 0. The van der Waals surface area contributed by atoms with Gasteiger partial charge in [0.1, 0.15) is 6.04 Å². The van der Waals surface area contributed by atoms with Crippen LogP contribution in [0.15, 0.2) is 60.4 Å². The summed E-state index contributed by atoms with van der Waals surface area (Å²) in [5, 5.41) is 4.28. The van der Waals surface area contributed by atoms with E-state index in [4.69, 9.17) is 16.3 Å². The van der Waals surface area contributed by atoms with Crippen LogP contribution in [0.1, 0.15) is 34.3 Å². The van der Waals surface area contributed by atoms with Crippen LogP contribution in [0.5, 0.6) is 0 Å². The minimum atomic E-state index is -0.513. The maximum Gasteiger partial charge on any atom is 0.256 e. The molecule has 1 fully saturated rings. The topological polar surface area (TPSA) is 114 Å². The van der Waals surface area contributed by atoms with Gasteiger partial charge in [0.05, 0.1) is 23.6 Å². The third-order valence-electron chi connectivity index (χ3n) is 5.43. The molecule has 8 heteroatoms. The Labute approximate surface area is 188 Å². The molecule has 0 aliphatic carbocycles. The Bertz CT molecular complexity index is 974. The molecule has 0 saturated carbocycles. The van der Waals surface area contributed by atoms with Gasteiger partial charge in [-0.25, -0.2) is 5.84 Å². The second-order valence-electron chi connectivity index (χ2n) is 7.92.